The van der Waals surface area contributed by atoms with Crippen LogP contribution in [0.1, 0.15) is 28.7 Å². The first-order chi connectivity index (χ1) is 20.3. The Kier molecular flexibility index (Phi) is 7.47. The molecule has 2 aliphatic heterocycles. The van der Waals surface area contributed by atoms with Crippen molar-refractivity contribution in [3.8, 4) is 0 Å². The number of nitrogens with zero attached hydrogens (tertiary/aromatic N) is 1. The van der Waals surface area contributed by atoms with Gasteiger partial charge in [-0.3, -0.25) is 19.3 Å². The highest BCUT2D eigenvalue weighted by atomic mass is 32.1. The lowest BCUT2D eigenvalue weighted by Crippen LogP contribution is -2.56. The highest BCUT2D eigenvalue weighted by molar-refractivity contribution is 7.17. The van der Waals surface area contributed by atoms with Crippen molar-refractivity contribution in [1.29, 1.82) is 0 Å². The van der Waals surface area contributed by atoms with E-state index in [1.165, 1.54) is 28.4 Å². The van der Waals surface area contributed by atoms with Crippen LogP contribution < -0.4 is 15.5 Å². The second-order valence-corrected chi connectivity index (χ2v) is 11.6. The van der Waals surface area contributed by atoms with Crippen LogP contribution in [-0.4, -0.2) is 46.9 Å². The number of hydrogen-bond donors (Lipinski definition) is 3. The van der Waals surface area contributed by atoms with Gasteiger partial charge in [-0.05, 0) is 64.1 Å². The van der Waals surface area contributed by atoms with Gasteiger partial charge >= 0.3 is 5.97 Å². The highest BCUT2D eigenvalue weighted by Gasteiger charge is 2.44. The summed E-state index contributed by atoms with van der Waals surface area (Å²) >= 11 is 1.54. The van der Waals surface area contributed by atoms with Crippen molar-refractivity contribution in [3.63, 3.8) is 0 Å². The van der Waals surface area contributed by atoms with Gasteiger partial charge in [0.2, 0.25) is 17.7 Å². The second-order valence-electron chi connectivity index (χ2n) is 10.7. The molecule has 2 aliphatic rings. The third-order valence-corrected chi connectivity index (χ3v) is 8.94. The summed E-state index contributed by atoms with van der Waals surface area (Å²) in [5.74, 6) is -2.96. The van der Waals surface area contributed by atoms with Crippen molar-refractivity contribution in [2.24, 2.45) is 0 Å². The second kappa shape index (κ2) is 11.4. The normalized spacial score (nSPS) is 18.3. The number of anilines is 1. The predicted molar refractivity (Wildman–Crippen MR) is 157 cm³/mol. The molecule has 0 saturated carbocycles. The minimum Gasteiger partial charge on any atom is -0.480 e. The van der Waals surface area contributed by atoms with E-state index in [1.54, 1.807) is 12.1 Å². The van der Waals surface area contributed by atoms with Gasteiger partial charge in [-0.1, -0.05) is 48.5 Å². The van der Waals surface area contributed by atoms with Crippen LogP contribution >= 0.6 is 11.3 Å². The molecule has 0 aliphatic carbocycles. The number of hydrogen-bond acceptors (Lipinski definition) is 5. The van der Waals surface area contributed by atoms with Crippen LogP contribution in [0.15, 0.2) is 72.1 Å². The first-order valence-corrected chi connectivity index (χ1v) is 14.6. The first kappa shape index (κ1) is 27.6. The zero-order valence-electron chi connectivity index (χ0n) is 22.5. The summed E-state index contributed by atoms with van der Waals surface area (Å²) in [5, 5.41) is 18.4. The van der Waals surface area contributed by atoms with Gasteiger partial charge in [0.05, 0.1) is 12.1 Å². The van der Waals surface area contributed by atoms with E-state index in [0.717, 1.165) is 26.8 Å². The van der Waals surface area contributed by atoms with Crippen LogP contribution in [0.25, 0.3) is 10.1 Å². The number of aryl methyl sites for hydroxylation is 1. The Labute approximate surface area is 245 Å². The van der Waals surface area contributed by atoms with Gasteiger partial charge < -0.3 is 15.7 Å². The van der Waals surface area contributed by atoms with Gasteiger partial charge in [0.1, 0.15) is 23.9 Å². The third kappa shape index (κ3) is 5.37. The number of nitrogens with one attached hydrogen (secondary N) is 2. The van der Waals surface area contributed by atoms with Gasteiger partial charge in [0, 0.05) is 17.5 Å². The molecule has 0 spiro atoms. The number of amides is 3. The topological polar surface area (TPSA) is 116 Å². The quantitative estimate of drug-likeness (QED) is 0.291. The fourth-order valence-corrected chi connectivity index (χ4v) is 6.85. The molecule has 214 valence electrons. The van der Waals surface area contributed by atoms with Crippen LogP contribution in [0.4, 0.5) is 10.1 Å². The molecule has 8 nitrogen and oxygen atoms in total. The monoisotopic (exact) mass is 585 g/mol. The molecule has 3 amide bonds. The smallest absolute Gasteiger partial charge is 0.327 e. The summed E-state index contributed by atoms with van der Waals surface area (Å²) in [6, 6.07) is 15.9. The van der Waals surface area contributed by atoms with Gasteiger partial charge in [0.15, 0.2) is 0 Å². The number of para-hydroxylation sites is 1. The number of carboxylic acids is 1. The Morgan fingerprint density at radius 3 is 2.57 bits per heavy atom. The van der Waals surface area contributed by atoms with Crippen LogP contribution in [-0.2, 0) is 44.9 Å². The lowest BCUT2D eigenvalue weighted by molar-refractivity contribution is -0.140. The number of carbonyl (C=O) groups excluding carboxylic acids is 3. The summed E-state index contributed by atoms with van der Waals surface area (Å²) in [7, 11) is 0. The Balaban J connectivity index is 1.23. The Morgan fingerprint density at radius 1 is 1.02 bits per heavy atom. The van der Waals surface area contributed by atoms with Crippen molar-refractivity contribution in [3.05, 3.63) is 100 Å². The van der Waals surface area contributed by atoms with E-state index in [9.17, 15) is 28.7 Å². The van der Waals surface area contributed by atoms with Crippen LogP contribution in [0.5, 0.6) is 0 Å². The molecule has 3 atom stereocenters. The number of fused-ring (bicyclic) bond motifs is 1. The number of aliphatic carboxylic acids is 1. The molecule has 0 unspecified atom stereocenters. The van der Waals surface area contributed by atoms with Crippen molar-refractivity contribution < 1.29 is 28.7 Å². The number of carbonyl (C=O) groups is 4. The maximum atomic E-state index is 13.7. The minimum absolute atomic E-state index is 0.0612. The summed E-state index contributed by atoms with van der Waals surface area (Å²) in [5.41, 5.74) is 3.75. The van der Waals surface area contributed by atoms with Crippen molar-refractivity contribution in [1.82, 2.24) is 10.6 Å². The zero-order chi connectivity index (χ0) is 29.4. The van der Waals surface area contributed by atoms with E-state index in [0.29, 0.717) is 17.7 Å². The number of thiophene rings is 1. The van der Waals surface area contributed by atoms with Gasteiger partial charge in [0.25, 0.3) is 0 Å². The summed E-state index contributed by atoms with van der Waals surface area (Å²) < 4.78 is 14.6. The molecule has 0 saturated heterocycles. The SMILES string of the molecule is O=C(Cc1csc2ccccc12)N[C@@H](Cc1ccc(F)cc1)C(=O)N[C@H]1CCc2cccc3c2N(C1=O)[C@H](C(=O)O)C3. The molecule has 0 radical (unpaired) electrons. The molecular formula is C32H28FN3O5S. The fourth-order valence-electron chi connectivity index (χ4n) is 5.89. The molecule has 3 N–H and O–H groups in total. The Morgan fingerprint density at radius 2 is 1.79 bits per heavy atom. The molecule has 3 aromatic carbocycles. The molecule has 0 bridgehead atoms. The number of benzene rings is 3. The third-order valence-electron chi connectivity index (χ3n) is 7.93. The van der Waals surface area contributed by atoms with Crippen molar-refractivity contribution >= 4 is 50.8 Å². The summed E-state index contributed by atoms with van der Waals surface area (Å²) in [6.45, 7) is 0. The fraction of sp³-hybridized carbons (Fsp3) is 0.250. The lowest BCUT2D eigenvalue weighted by Gasteiger charge is -2.27. The average molecular weight is 586 g/mol. The molecule has 4 aromatic rings. The maximum absolute atomic E-state index is 13.7. The van der Waals surface area contributed by atoms with Crippen LogP contribution in [0.2, 0.25) is 0 Å². The van der Waals surface area contributed by atoms with E-state index in [2.05, 4.69) is 10.6 Å². The largest absolute Gasteiger partial charge is 0.480 e. The summed E-state index contributed by atoms with van der Waals surface area (Å²) in [4.78, 5) is 54.0. The molecule has 42 heavy (non-hydrogen) atoms. The predicted octanol–water partition coefficient (Wildman–Crippen LogP) is 3.78. The van der Waals surface area contributed by atoms with Crippen molar-refractivity contribution in [2.75, 3.05) is 4.90 Å². The van der Waals surface area contributed by atoms with Crippen LogP contribution in [0, 0.1) is 5.82 Å². The maximum Gasteiger partial charge on any atom is 0.327 e. The molecule has 0 fully saturated rings. The molecular weight excluding hydrogens is 557 g/mol. The van der Waals surface area contributed by atoms with E-state index >= 15 is 0 Å². The molecule has 1 aromatic heterocycles. The van der Waals surface area contributed by atoms with Crippen LogP contribution in [0.3, 0.4) is 0 Å². The van der Waals surface area contributed by atoms with E-state index in [4.69, 9.17) is 0 Å². The standard InChI is InChI=1S/C32H28FN3O5S/c33-22-11-8-18(9-12-22)14-25(34-28(37)16-21-17-42-27-7-2-1-6-23(21)27)30(38)35-24-13-10-19-4-3-5-20-15-26(32(40)41)36(29(19)20)31(24)39/h1-9,11-12,17,24-26H,10,13-16H2,(H,34,37)(H,35,38)(H,40,41)/t24-,25-,26-/m0/s1. The van der Waals surface area contributed by atoms with E-state index in [-0.39, 0.29) is 31.6 Å². The number of halogens is 1. The van der Waals surface area contributed by atoms with Gasteiger partial charge in [-0.25, -0.2) is 9.18 Å². The molecule has 6 rings (SSSR count). The van der Waals surface area contributed by atoms with Gasteiger partial charge in [-0.2, -0.15) is 0 Å². The number of rotatable bonds is 8. The molecule has 3 heterocycles. The average Bonchev–Trinajstić information content (AvgIpc) is 3.54. The van der Waals surface area contributed by atoms with E-state index < -0.39 is 41.7 Å². The van der Waals surface area contributed by atoms with E-state index in [1.807, 2.05) is 47.8 Å². The minimum atomic E-state index is -1.11. The summed E-state index contributed by atoms with van der Waals surface area (Å²) in [6.07, 6.45) is 1.09. The zero-order valence-corrected chi connectivity index (χ0v) is 23.3. The molecule has 10 heteroatoms. The van der Waals surface area contributed by atoms with Gasteiger partial charge in [-0.15, -0.1) is 11.3 Å². The van der Waals surface area contributed by atoms with Crippen molar-refractivity contribution in [2.45, 2.75) is 50.2 Å². The Hall–Kier alpha value is -4.57. The lowest BCUT2D eigenvalue weighted by atomic mass is 10.0. The first-order valence-electron chi connectivity index (χ1n) is 13.7. The Bertz CT molecular complexity index is 1700. The number of carboxylic acid groups (broad SMARTS) is 1. The highest BCUT2D eigenvalue weighted by Crippen LogP contribution is 2.39.